The largest absolute Gasteiger partial charge is 0.457 e. The van der Waals surface area contributed by atoms with Crippen molar-refractivity contribution in [3.05, 3.63) is 215 Å². The molecule has 0 radical (unpaired) electrons. The molecule has 7 aromatic carbocycles. The Labute approximate surface area is 363 Å². The van der Waals surface area contributed by atoms with E-state index in [9.17, 15) is 2.74 Å². The first-order valence-corrected chi connectivity index (χ1v) is 23.8. The third-order valence-electron chi connectivity index (χ3n) is 12.1. The summed E-state index contributed by atoms with van der Waals surface area (Å²) in [6.07, 6.45) is 1.48. The molecule has 5 heterocycles. The molecule has 1 unspecified atom stereocenters. The van der Waals surface area contributed by atoms with E-state index in [1.807, 2.05) is 35.7 Å². The molecule has 292 valence electrons. The highest BCUT2D eigenvalue weighted by Gasteiger charge is 2.49. The molecule has 1 aliphatic rings. The lowest BCUT2D eigenvalue weighted by Gasteiger charge is -2.43. The predicted molar refractivity (Wildman–Crippen MR) is 250 cm³/mol. The third kappa shape index (κ3) is 5.53. The van der Waals surface area contributed by atoms with E-state index < -0.39 is 19.9 Å². The Hall–Kier alpha value is -6.98. The van der Waals surface area contributed by atoms with Crippen molar-refractivity contribution < 1.29 is 7.48 Å². The van der Waals surface area contributed by atoms with E-state index in [1.54, 1.807) is 6.20 Å². The molecule has 0 saturated heterocycles. The van der Waals surface area contributed by atoms with Gasteiger partial charge in [-0.25, -0.2) is 15.0 Å². The zero-order valence-electron chi connectivity index (χ0n) is 34.6. The van der Waals surface area contributed by atoms with Crippen LogP contribution in [-0.4, -0.2) is 36.4 Å². The number of para-hydroxylation sites is 6. The Kier molecular flexibility index (Phi) is 7.95. The third-order valence-corrected chi connectivity index (χ3v) is 18.2. The summed E-state index contributed by atoms with van der Waals surface area (Å²) < 4.78 is 36.7. The normalized spacial score (nSPS) is 15.6. The van der Waals surface area contributed by atoms with Gasteiger partial charge in [-0.05, 0) is 74.7 Å². The number of fused-ring (bicyclic) bond motifs is 7. The second-order valence-corrected chi connectivity index (χ2v) is 20.8. The highest BCUT2D eigenvalue weighted by atomic mass is 32.1. The van der Waals surface area contributed by atoms with Crippen LogP contribution in [0, 0.1) is 0 Å². The van der Waals surface area contributed by atoms with Crippen LogP contribution in [0.2, 0.25) is 0 Å². The van der Waals surface area contributed by atoms with Gasteiger partial charge >= 0.3 is 0 Å². The summed E-state index contributed by atoms with van der Waals surface area (Å²) in [6.45, 7) is 0. The van der Waals surface area contributed by atoms with Crippen LogP contribution in [0.3, 0.4) is 0 Å². The molecular weight excluding hydrogens is 805 g/mol. The molecule has 0 spiro atoms. The van der Waals surface area contributed by atoms with Gasteiger partial charge in [-0.15, -0.1) is 11.3 Å². The average molecular weight is 843 g/mol. The Morgan fingerprint density at radius 3 is 2.10 bits per heavy atom. The fourth-order valence-corrected chi connectivity index (χ4v) is 15.7. The lowest BCUT2D eigenvalue weighted by Crippen LogP contribution is -2.75. The first kappa shape index (κ1) is 33.8. The van der Waals surface area contributed by atoms with Crippen LogP contribution in [0.15, 0.2) is 194 Å². The van der Waals surface area contributed by atoms with Crippen molar-refractivity contribution in [2.75, 3.05) is 0 Å². The maximum atomic E-state index is 10.3. The average Bonchev–Trinajstić information content (AvgIpc) is 4.17. The second-order valence-electron chi connectivity index (χ2n) is 15.3. The Morgan fingerprint density at radius 1 is 0.639 bits per heavy atom. The first-order valence-electron chi connectivity index (χ1n) is 21.2. The molecule has 10 heteroatoms. The minimum Gasteiger partial charge on any atom is -0.457 e. The standard InChI is InChI=1S/C51H36N6OS2Si/c1-3-16-36(17-4-1)61(37-18-5-2-6-19-37,38-20-13-15-35(31-38)56-43-25-10-11-26-44(43)57-42-24-9-8-23-41(42)55-50(56)57)46-28-14-22-40-49(46)58-45-27-12-7-21-39(45)51(40,32-47-52-29-30-59-47)33-48-53-34-54-60-48/h1-31,34H,32-33H2/i33D2. The maximum Gasteiger partial charge on any atom is 0.220 e. The summed E-state index contributed by atoms with van der Waals surface area (Å²) in [6, 6.07) is 61.6. The summed E-state index contributed by atoms with van der Waals surface area (Å²) in [4.78, 5) is 14.6. The molecule has 11 aromatic rings. The fraction of sp³-hybridized carbons (Fsp3) is 0.0588. The summed E-state index contributed by atoms with van der Waals surface area (Å²) in [5.74, 6) is 2.09. The van der Waals surface area contributed by atoms with Crippen LogP contribution in [0.1, 0.15) is 23.9 Å². The monoisotopic (exact) mass is 842 g/mol. The van der Waals surface area contributed by atoms with Crippen molar-refractivity contribution in [1.29, 1.82) is 0 Å². The van der Waals surface area contributed by atoms with Gasteiger partial charge in [-0.2, -0.15) is 4.37 Å². The summed E-state index contributed by atoms with van der Waals surface area (Å²) in [5.41, 5.74) is 5.29. The molecule has 12 rings (SSSR count). The summed E-state index contributed by atoms with van der Waals surface area (Å²) in [7, 11) is -3.40. The minimum atomic E-state index is -3.40. The molecule has 4 aromatic heterocycles. The highest BCUT2D eigenvalue weighted by molar-refractivity contribution is 7.20. The number of benzene rings is 7. The van der Waals surface area contributed by atoms with Crippen LogP contribution in [0.5, 0.6) is 11.5 Å². The van der Waals surface area contributed by atoms with Gasteiger partial charge in [0.05, 0.1) is 27.1 Å². The van der Waals surface area contributed by atoms with E-state index in [-0.39, 0.29) is 6.42 Å². The highest BCUT2D eigenvalue weighted by Crippen LogP contribution is 2.51. The molecule has 0 fully saturated rings. The van der Waals surface area contributed by atoms with Crippen molar-refractivity contribution in [3.63, 3.8) is 0 Å². The number of nitrogens with zero attached hydrogens (tertiary/aromatic N) is 6. The topological polar surface area (TPSA) is 70.1 Å². The number of hydrogen-bond acceptors (Lipinski definition) is 7. The van der Waals surface area contributed by atoms with Crippen LogP contribution < -0.4 is 25.5 Å². The van der Waals surface area contributed by atoms with Gasteiger partial charge in [-0.1, -0.05) is 133 Å². The van der Waals surface area contributed by atoms with E-state index in [0.29, 0.717) is 16.5 Å². The van der Waals surface area contributed by atoms with Gasteiger partial charge in [0, 0.05) is 49.3 Å². The number of thiazole rings is 1. The van der Waals surface area contributed by atoms with Crippen molar-refractivity contribution in [2.45, 2.75) is 18.2 Å². The molecule has 61 heavy (non-hydrogen) atoms. The molecule has 0 N–H and O–H groups in total. The predicted octanol–water partition coefficient (Wildman–Crippen LogP) is 8.99. The Morgan fingerprint density at radius 2 is 1.33 bits per heavy atom. The zero-order valence-corrected chi connectivity index (χ0v) is 35.2. The van der Waals surface area contributed by atoms with E-state index >= 15 is 0 Å². The summed E-state index contributed by atoms with van der Waals surface area (Å²) >= 11 is 2.62. The second kappa shape index (κ2) is 14.3. The smallest absolute Gasteiger partial charge is 0.220 e. The lowest BCUT2D eigenvalue weighted by molar-refractivity contribution is 0.387. The number of aromatic nitrogens is 6. The first-order chi connectivity index (χ1) is 31.0. The molecular formula is C51H36N6OS2Si. The molecule has 0 bridgehead atoms. The van der Waals surface area contributed by atoms with Crippen molar-refractivity contribution >= 4 is 79.5 Å². The SMILES string of the molecule is [2H]C([2H])(c1ncns1)C1(Cc2nccs2)c2ccccc2Oc2c1cccc2[Si](c1ccccc1)(c1ccccc1)c1cccc(-n2c3ccccc3n3c4ccccc4nc23)c1. The molecule has 7 nitrogen and oxygen atoms in total. The van der Waals surface area contributed by atoms with Gasteiger partial charge in [0.1, 0.15) is 22.8 Å². The van der Waals surface area contributed by atoms with E-state index in [4.69, 9.17) is 14.7 Å². The molecule has 0 saturated carbocycles. The van der Waals surface area contributed by atoms with Crippen LogP contribution in [0.4, 0.5) is 0 Å². The van der Waals surface area contributed by atoms with Crippen molar-refractivity contribution in [1.82, 2.24) is 28.3 Å². The van der Waals surface area contributed by atoms with Crippen molar-refractivity contribution in [2.24, 2.45) is 0 Å². The summed E-state index contributed by atoms with van der Waals surface area (Å²) in [5, 5.41) is 7.54. The van der Waals surface area contributed by atoms with Gasteiger partial charge in [0.15, 0.2) is 8.07 Å². The molecule has 0 amide bonds. The van der Waals surface area contributed by atoms with Crippen LogP contribution >= 0.6 is 22.9 Å². The van der Waals surface area contributed by atoms with Gasteiger partial charge < -0.3 is 4.74 Å². The Balaban J connectivity index is 1.19. The zero-order chi connectivity index (χ0) is 42.2. The number of ether oxygens (including phenoxy) is 1. The maximum absolute atomic E-state index is 10.3. The minimum absolute atomic E-state index is 0.282. The molecule has 1 aliphatic heterocycles. The fourth-order valence-electron chi connectivity index (χ4n) is 9.62. The molecule has 1 atom stereocenters. The van der Waals surface area contributed by atoms with Gasteiger partial charge in [-0.3, -0.25) is 8.97 Å². The number of rotatable bonds is 9. The molecule has 0 aliphatic carbocycles. The van der Waals surface area contributed by atoms with E-state index in [2.05, 4.69) is 164 Å². The lowest BCUT2D eigenvalue weighted by atomic mass is 9.68. The Bertz CT molecular complexity index is 3430. The quantitative estimate of drug-likeness (QED) is 0.107. The van der Waals surface area contributed by atoms with E-state index in [0.717, 1.165) is 81.9 Å². The van der Waals surface area contributed by atoms with Gasteiger partial charge in [0.2, 0.25) is 5.78 Å². The van der Waals surface area contributed by atoms with Crippen molar-refractivity contribution in [3.8, 4) is 17.2 Å². The van der Waals surface area contributed by atoms with E-state index in [1.165, 1.54) is 17.7 Å². The van der Waals surface area contributed by atoms with Gasteiger partial charge in [0.25, 0.3) is 0 Å². The number of imidazole rings is 2. The van der Waals surface area contributed by atoms with Crippen LogP contribution in [0.25, 0.3) is 33.5 Å². The number of hydrogen-bond donors (Lipinski definition) is 0. The van der Waals surface area contributed by atoms with Crippen LogP contribution in [-0.2, 0) is 18.2 Å².